The summed E-state index contributed by atoms with van der Waals surface area (Å²) in [6.45, 7) is 10.0. The van der Waals surface area contributed by atoms with E-state index >= 15 is 0 Å². The molecule has 0 amide bonds. The number of pyridine rings is 1. The van der Waals surface area contributed by atoms with Gasteiger partial charge in [-0.3, -0.25) is 4.98 Å². The van der Waals surface area contributed by atoms with Gasteiger partial charge in [0.05, 0.1) is 11.4 Å². The summed E-state index contributed by atoms with van der Waals surface area (Å²) in [6.07, 6.45) is 7.56. The number of anilines is 1. The van der Waals surface area contributed by atoms with Gasteiger partial charge < -0.3 is 4.90 Å². The fourth-order valence-corrected chi connectivity index (χ4v) is 2.41. The van der Waals surface area contributed by atoms with Crippen molar-refractivity contribution in [1.82, 2.24) is 4.98 Å². The highest BCUT2D eigenvalue weighted by molar-refractivity contribution is 5.71. The van der Waals surface area contributed by atoms with Gasteiger partial charge in [-0.15, -0.1) is 0 Å². The molecular formula is C15H22N2. The van der Waals surface area contributed by atoms with Crippen LogP contribution in [0.5, 0.6) is 0 Å². The highest BCUT2D eigenvalue weighted by atomic mass is 15.2. The Hall–Kier alpha value is -1.31. The minimum atomic E-state index is 0.470. The summed E-state index contributed by atoms with van der Waals surface area (Å²) < 4.78 is 0. The van der Waals surface area contributed by atoms with Gasteiger partial charge in [0, 0.05) is 24.3 Å². The second-order valence-corrected chi connectivity index (χ2v) is 5.27. The molecule has 2 nitrogen and oxygen atoms in total. The first-order valence-corrected chi connectivity index (χ1v) is 6.53. The average Bonchev–Trinajstić information content (AvgIpc) is 2.50. The molecule has 2 rings (SSSR count). The molecule has 0 bridgehead atoms. The molecule has 0 saturated heterocycles. The smallest absolute Gasteiger partial charge is 0.0668 e. The van der Waals surface area contributed by atoms with Crippen molar-refractivity contribution < 1.29 is 0 Å². The average molecular weight is 230 g/mol. The number of fused-ring (bicyclic) bond motifs is 1. The summed E-state index contributed by atoms with van der Waals surface area (Å²) in [7, 11) is 0. The minimum absolute atomic E-state index is 0.470. The Morgan fingerprint density at radius 2 is 2.00 bits per heavy atom. The molecule has 0 N–H and O–H groups in total. The van der Waals surface area contributed by atoms with Crippen LogP contribution >= 0.6 is 0 Å². The van der Waals surface area contributed by atoms with Gasteiger partial charge in [0.15, 0.2) is 0 Å². The molecule has 92 valence electrons. The molecule has 2 heterocycles. The lowest BCUT2D eigenvalue weighted by atomic mass is 10.0. The number of rotatable bonds is 2. The number of hydrogen-bond donors (Lipinski definition) is 0. The van der Waals surface area contributed by atoms with Crippen LogP contribution in [0.4, 0.5) is 5.69 Å². The van der Waals surface area contributed by atoms with Gasteiger partial charge in [-0.2, -0.15) is 0 Å². The van der Waals surface area contributed by atoms with E-state index in [0.717, 1.165) is 13.0 Å². The van der Waals surface area contributed by atoms with E-state index in [9.17, 15) is 0 Å². The standard InChI is InChI=1S/C15H22N2/c1-11(2)14-15-13(8-9-16-14)7-5-6-10-17(15)12(3)4/h5,7-9,11-12H,6,10H2,1-4H3. The van der Waals surface area contributed by atoms with Crippen LogP contribution in [0.1, 0.15) is 51.3 Å². The second-order valence-electron chi connectivity index (χ2n) is 5.27. The Kier molecular flexibility index (Phi) is 3.51. The zero-order valence-electron chi connectivity index (χ0n) is 11.3. The number of nitrogens with zero attached hydrogens (tertiary/aromatic N) is 2. The van der Waals surface area contributed by atoms with Crippen LogP contribution in [0, 0.1) is 0 Å². The Morgan fingerprint density at radius 3 is 2.65 bits per heavy atom. The quantitative estimate of drug-likeness (QED) is 0.767. The molecule has 0 saturated carbocycles. The van der Waals surface area contributed by atoms with Crippen LogP contribution in [0.15, 0.2) is 18.3 Å². The van der Waals surface area contributed by atoms with Gasteiger partial charge in [0.25, 0.3) is 0 Å². The van der Waals surface area contributed by atoms with Crippen LogP contribution < -0.4 is 4.90 Å². The first kappa shape index (κ1) is 12.2. The van der Waals surface area contributed by atoms with Crippen LogP contribution in [-0.2, 0) is 0 Å². The first-order chi connectivity index (χ1) is 8.11. The third-order valence-electron chi connectivity index (χ3n) is 3.28. The molecular weight excluding hydrogens is 208 g/mol. The van der Waals surface area contributed by atoms with Gasteiger partial charge in [-0.25, -0.2) is 0 Å². The molecule has 0 aliphatic carbocycles. The van der Waals surface area contributed by atoms with Crippen molar-refractivity contribution in [3.8, 4) is 0 Å². The molecule has 0 radical (unpaired) electrons. The molecule has 0 atom stereocenters. The predicted molar refractivity (Wildman–Crippen MR) is 74.5 cm³/mol. The van der Waals surface area contributed by atoms with Gasteiger partial charge in [0.2, 0.25) is 0 Å². The van der Waals surface area contributed by atoms with Gasteiger partial charge >= 0.3 is 0 Å². The molecule has 17 heavy (non-hydrogen) atoms. The highest BCUT2D eigenvalue weighted by Gasteiger charge is 2.20. The van der Waals surface area contributed by atoms with E-state index in [1.165, 1.54) is 16.9 Å². The maximum Gasteiger partial charge on any atom is 0.0668 e. The lowest BCUT2D eigenvalue weighted by molar-refractivity contribution is 0.673. The van der Waals surface area contributed by atoms with Crippen LogP contribution in [0.25, 0.3) is 6.08 Å². The molecule has 0 spiro atoms. The lowest BCUT2D eigenvalue weighted by Crippen LogP contribution is -2.32. The van der Waals surface area contributed by atoms with Gasteiger partial charge in [-0.1, -0.05) is 26.0 Å². The maximum absolute atomic E-state index is 4.59. The van der Waals surface area contributed by atoms with Crippen molar-refractivity contribution in [2.45, 2.75) is 46.1 Å². The van der Waals surface area contributed by atoms with Crippen molar-refractivity contribution in [3.05, 3.63) is 29.6 Å². The summed E-state index contributed by atoms with van der Waals surface area (Å²) in [6, 6.07) is 2.65. The van der Waals surface area contributed by atoms with Crippen LogP contribution in [0.2, 0.25) is 0 Å². The fourth-order valence-electron chi connectivity index (χ4n) is 2.41. The van der Waals surface area contributed by atoms with E-state index in [1.54, 1.807) is 0 Å². The SMILES string of the molecule is CC(C)c1nccc2c1N(C(C)C)CCC=C2. The molecule has 0 fully saturated rings. The Morgan fingerprint density at radius 1 is 1.24 bits per heavy atom. The van der Waals surface area contributed by atoms with Crippen LogP contribution in [-0.4, -0.2) is 17.6 Å². The monoisotopic (exact) mass is 230 g/mol. The van der Waals surface area contributed by atoms with E-state index in [1.807, 2.05) is 6.20 Å². The lowest BCUT2D eigenvalue weighted by Gasteiger charge is -2.31. The van der Waals surface area contributed by atoms with Crippen molar-refractivity contribution in [1.29, 1.82) is 0 Å². The summed E-state index contributed by atoms with van der Waals surface area (Å²) in [5.74, 6) is 0.470. The zero-order chi connectivity index (χ0) is 12.4. The van der Waals surface area contributed by atoms with E-state index in [2.05, 4.69) is 55.8 Å². The molecule has 1 aromatic heterocycles. The second kappa shape index (κ2) is 4.91. The summed E-state index contributed by atoms with van der Waals surface area (Å²) >= 11 is 0. The largest absolute Gasteiger partial charge is 0.367 e. The fraction of sp³-hybridized carbons (Fsp3) is 0.533. The Labute approximate surface area is 104 Å². The summed E-state index contributed by atoms with van der Waals surface area (Å²) in [5, 5.41) is 0. The molecule has 1 aliphatic rings. The van der Waals surface area contributed by atoms with Gasteiger partial charge in [0.1, 0.15) is 0 Å². The normalized spacial score (nSPS) is 15.3. The van der Waals surface area contributed by atoms with Gasteiger partial charge in [-0.05, 0) is 32.3 Å². The summed E-state index contributed by atoms with van der Waals surface area (Å²) in [4.78, 5) is 7.07. The third kappa shape index (κ3) is 2.36. The zero-order valence-corrected chi connectivity index (χ0v) is 11.3. The maximum atomic E-state index is 4.59. The minimum Gasteiger partial charge on any atom is -0.367 e. The Bertz CT molecular complexity index is 419. The topological polar surface area (TPSA) is 16.1 Å². The first-order valence-electron chi connectivity index (χ1n) is 6.53. The molecule has 1 aliphatic heterocycles. The number of aromatic nitrogens is 1. The third-order valence-corrected chi connectivity index (χ3v) is 3.28. The van der Waals surface area contributed by atoms with E-state index in [4.69, 9.17) is 0 Å². The predicted octanol–water partition coefficient (Wildman–Crippen LogP) is 3.84. The summed E-state index contributed by atoms with van der Waals surface area (Å²) in [5.41, 5.74) is 3.88. The van der Waals surface area contributed by atoms with Crippen molar-refractivity contribution in [3.63, 3.8) is 0 Å². The van der Waals surface area contributed by atoms with E-state index in [-0.39, 0.29) is 0 Å². The van der Waals surface area contributed by atoms with E-state index in [0.29, 0.717) is 12.0 Å². The van der Waals surface area contributed by atoms with Crippen molar-refractivity contribution in [2.75, 3.05) is 11.4 Å². The molecule has 0 unspecified atom stereocenters. The highest BCUT2D eigenvalue weighted by Crippen LogP contribution is 2.33. The van der Waals surface area contributed by atoms with Crippen LogP contribution in [0.3, 0.4) is 0 Å². The number of hydrogen-bond acceptors (Lipinski definition) is 2. The molecule has 0 aromatic carbocycles. The van der Waals surface area contributed by atoms with E-state index < -0.39 is 0 Å². The molecule has 2 heteroatoms. The van der Waals surface area contributed by atoms with Crippen molar-refractivity contribution >= 4 is 11.8 Å². The van der Waals surface area contributed by atoms with Crippen molar-refractivity contribution in [2.24, 2.45) is 0 Å². The Balaban J connectivity index is 2.57. The molecule has 1 aromatic rings.